The highest BCUT2D eigenvalue weighted by Gasteiger charge is 2.31. The molecule has 5 aromatic heterocycles. The van der Waals surface area contributed by atoms with Gasteiger partial charge in [0.1, 0.15) is 11.0 Å². The molecule has 5 heterocycles. The first-order valence-electron chi connectivity index (χ1n) is 21.4. The predicted octanol–water partition coefficient (Wildman–Crippen LogP) is 15.1. The highest BCUT2D eigenvalue weighted by molar-refractivity contribution is 6.34. The predicted molar refractivity (Wildman–Crippen MR) is 258 cm³/mol. The zero-order chi connectivity index (χ0) is 41.1. The summed E-state index contributed by atoms with van der Waals surface area (Å²) in [6, 6.07) is 55.8. The summed E-state index contributed by atoms with van der Waals surface area (Å²) < 4.78 is 4.89. The Morgan fingerprint density at radius 3 is 1.52 bits per heavy atom. The van der Waals surface area contributed by atoms with Gasteiger partial charge in [-0.2, -0.15) is 0 Å². The van der Waals surface area contributed by atoms with Gasteiger partial charge in [0.25, 0.3) is 0 Å². The first-order valence-corrected chi connectivity index (χ1v) is 21.4. The number of aromatic nitrogens is 4. The number of hydrogen-bond acceptors (Lipinski definition) is 3. The van der Waals surface area contributed by atoms with E-state index in [2.05, 4.69) is 207 Å². The third-order valence-corrected chi connectivity index (χ3v) is 13.4. The molecule has 13 aromatic rings. The maximum Gasteiger partial charge on any atom is 0.165 e. The number of hydrogen-bond donors (Lipinski definition) is 0. The lowest BCUT2D eigenvalue weighted by atomic mass is 9.84. The third-order valence-electron chi connectivity index (χ3n) is 13.4. The lowest BCUT2D eigenvalue weighted by Crippen LogP contribution is -2.15. The van der Waals surface area contributed by atoms with Crippen LogP contribution in [-0.2, 0) is 10.8 Å². The molecule has 0 unspecified atom stereocenters. The van der Waals surface area contributed by atoms with Crippen molar-refractivity contribution in [2.24, 2.45) is 0 Å². The van der Waals surface area contributed by atoms with E-state index in [4.69, 9.17) is 9.97 Å². The highest BCUT2D eigenvalue weighted by atomic mass is 15.2. The van der Waals surface area contributed by atoms with Crippen molar-refractivity contribution in [2.75, 3.05) is 4.90 Å². The normalized spacial score (nSPS) is 13.1. The summed E-state index contributed by atoms with van der Waals surface area (Å²) in [5.41, 5.74) is 14.0. The Hall–Kier alpha value is -7.24. The SMILES string of the molecule is CC(C)(C)c1cc(N(c2ccccc2)c2ccccc2)c2c(c1)c1cc(C(C)(C)C)cc3c4nc5c(nc4n2c13)c1cc2ccccc2c2c3ccc4ccccc4c3n5c12. The summed E-state index contributed by atoms with van der Waals surface area (Å²) in [7, 11) is 0. The fourth-order valence-corrected chi connectivity index (χ4v) is 10.4. The highest BCUT2D eigenvalue weighted by Crippen LogP contribution is 2.50. The number of para-hydroxylation sites is 2. The van der Waals surface area contributed by atoms with E-state index in [1.165, 1.54) is 70.8 Å². The van der Waals surface area contributed by atoms with Gasteiger partial charge in [-0.25, -0.2) is 9.97 Å². The van der Waals surface area contributed by atoms with Crippen LogP contribution in [0.5, 0.6) is 0 Å². The summed E-state index contributed by atoms with van der Waals surface area (Å²) in [5.74, 6) is 0. The molecule has 0 bridgehead atoms. The Morgan fingerprint density at radius 2 is 0.885 bits per heavy atom. The molecule has 0 aliphatic heterocycles. The number of rotatable bonds is 3. The molecule has 5 nitrogen and oxygen atoms in total. The lowest BCUT2D eigenvalue weighted by molar-refractivity contribution is 0.591. The smallest absolute Gasteiger partial charge is 0.165 e. The van der Waals surface area contributed by atoms with Gasteiger partial charge >= 0.3 is 0 Å². The maximum absolute atomic E-state index is 5.87. The summed E-state index contributed by atoms with van der Waals surface area (Å²) in [5, 5.41) is 12.1. The van der Waals surface area contributed by atoms with E-state index in [9.17, 15) is 0 Å². The summed E-state index contributed by atoms with van der Waals surface area (Å²) >= 11 is 0. The van der Waals surface area contributed by atoms with E-state index in [1.54, 1.807) is 0 Å². The quantitative estimate of drug-likeness (QED) is 0.179. The van der Waals surface area contributed by atoms with Crippen molar-refractivity contribution in [3.8, 4) is 0 Å². The molecule has 0 aliphatic carbocycles. The van der Waals surface area contributed by atoms with Gasteiger partial charge in [-0.1, -0.05) is 139 Å². The fraction of sp³-hybridized carbons (Fsp3) is 0.143. The van der Waals surface area contributed by atoms with Gasteiger partial charge in [0.05, 0.1) is 27.8 Å². The summed E-state index contributed by atoms with van der Waals surface area (Å²) in [6.07, 6.45) is 0. The topological polar surface area (TPSA) is 37.8 Å². The Morgan fingerprint density at radius 1 is 0.393 bits per heavy atom. The second kappa shape index (κ2) is 11.7. The molecule has 0 aliphatic rings. The molecule has 0 amide bonds. The first-order chi connectivity index (χ1) is 29.5. The van der Waals surface area contributed by atoms with Gasteiger partial charge in [0, 0.05) is 49.1 Å². The van der Waals surface area contributed by atoms with E-state index in [-0.39, 0.29) is 10.8 Å². The number of benzene rings is 8. The van der Waals surface area contributed by atoms with Gasteiger partial charge in [-0.05, 0) is 92.7 Å². The minimum atomic E-state index is -0.106. The first kappa shape index (κ1) is 34.6. The average Bonchev–Trinajstić information content (AvgIpc) is 3.98. The van der Waals surface area contributed by atoms with E-state index in [0.717, 1.165) is 55.7 Å². The standard InChI is InChI=1S/C56H43N5/c1-55(2,3)34-28-41-42-29-35(56(4,5)6)31-45(59(36-19-9-7-10-20-36)37-21-11-8-12-22-37)51(42)60-50(41)44(30-34)48-53(60)57-47-43-27-33-18-14-15-23-38(33)46-40-26-25-32-17-13-16-24-39(32)49(40)61(52(43)46)54(47)58-48/h7-31H,1-6H3. The van der Waals surface area contributed by atoms with Gasteiger partial charge in [-0.15, -0.1) is 0 Å². The van der Waals surface area contributed by atoms with Crippen molar-refractivity contribution in [1.82, 2.24) is 18.8 Å². The minimum Gasteiger partial charge on any atom is -0.308 e. The van der Waals surface area contributed by atoms with Crippen molar-refractivity contribution in [1.29, 1.82) is 0 Å². The Labute approximate surface area is 352 Å². The van der Waals surface area contributed by atoms with Crippen LogP contribution in [0.3, 0.4) is 0 Å². The zero-order valence-electron chi connectivity index (χ0n) is 35.2. The molecule has 292 valence electrons. The second-order valence-corrected chi connectivity index (χ2v) is 19.1. The van der Waals surface area contributed by atoms with Crippen LogP contribution in [0.2, 0.25) is 0 Å². The van der Waals surface area contributed by atoms with E-state index < -0.39 is 0 Å². The van der Waals surface area contributed by atoms with E-state index in [0.29, 0.717) is 0 Å². The minimum absolute atomic E-state index is 0.103. The molecular weight excluding hydrogens is 743 g/mol. The lowest BCUT2D eigenvalue weighted by Gasteiger charge is -2.29. The molecule has 5 heteroatoms. The molecule has 0 fully saturated rings. The maximum atomic E-state index is 5.87. The van der Waals surface area contributed by atoms with Crippen molar-refractivity contribution in [3.05, 3.63) is 163 Å². The van der Waals surface area contributed by atoms with Crippen LogP contribution in [0, 0.1) is 0 Å². The van der Waals surface area contributed by atoms with Crippen LogP contribution in [0.1, 0.15) is 52.7 Å². The molecule has 0 radical (unpaired) electrons. The van der Waals surface area contributed by atoms with E-state index in [1.807, 2.05) is 0 Å². The zero-order valence-corrected chi connectivity index (χ0v) is 35.2. The largest absolute Gasteiger partial charge is 0.308 e. The number of fused-ring (bicyclic) bond motifs is 16. The van der Waals surface area contributed by atoms with Crippen LogP contribution in [0.25, 0.3) is 98.3 Å². The van der Waals surface area contributed by atoms with Gasteiger partial charge in [0.2, 0.25) is 0 Å². The molecule has 0 saturated carbocycles. The third kappa shape index (κ3) is 4.61. The van der Waals surface area contributed by atoms with Crippen LogP contribution in [0.15, 0.2) is 152 Å². The molecule has 8 aromatic carbocycles. The van der Waals surface area contributed by atoms with Crippen LogP contribution in [-0.4, -0.2) is 18.8 Å². The fourth-order valence-electron chi connectivity index (χ4n) is 10.4. The van der Waals surface area contributed by atoms with Crippen LogP contribution in [0.4, 0.5) is 17.1 Å². The molecule has 0 spiro atoms. The molecular formula is C56H43N5. The van der Waals surface area contributed by atoms with Crippen molar-refractivity contribution in [3.63, 3.8) is 0 Å². The van der Waals surface area contributed by atoms with Crippen molar-refractivity contribution in [2.45, 2.75) is 52.4 Å². The van der Waals surface area contributed by atoms with Gasteiger partial charge in [0.15, 0.2) is 11.3 Å². The summed E-state index contributed by atoms with van der Waals surface area (Å²) in [4.78, 5) is 14.2. The molecule has 13 rings (SSSR count). The molecule has 0 atom stereocenters. The van der Waals surface area contributed by atoms with Gasteiger partial charge < -0.3 is 4.90 Å². The molecule has 61 heavy (non-hydrogen) atoms. The Bertz CT molecular complexity index is 3900. The van der Waals surface area contributed by atoms with Gasteiger partial charge in [-0.3, -0.25) is 8.80 Å². The number of anilines is 3. The van der Waals surface area contributed by atoms with E-state index >= 15 is 0 Å². The van der Waals surface area contributed by atoms with Crippen LogP contribution >= 0.6 is 0 Å². The number of nitrogens with zero attached hydrogens (tertiary/aromatic N) is 5. The second-order valence-electron chi connectivity index (χ2n) is 19.1. The average molecular weight is 786 g/mol. The Kier molecular flexibility index (Phi) is 6.66. The van der Waals surface area contributed by atoms with Crippen LogP contribution < -0.4 is 4.90 Å². The summed E-state index contributed by atoms with van der Waals surface area (Å²) in [6.45, 7) is 13.9. The molecule has 0 saturated heterocycles. The molecule has 0 N–H and O–H groups in total. The Balaban J connectivity index is 1.28. The van der Waals surface area contributed by atoms with Crippen molar-refractivity contribution < 1.29 is 0 Å². The van der Waals surface area contributed by atoms with Crippen molar-refractivity contribution >= 4 is 115 Å². The monoisotopic (exact) mass is 785 g/mol.